The summed E-state index contributed by atoms with van der Waals surface area (Å²) in [6.45, 7) is 2.00. The molecule has 0 saturated heterocycles. The number of ether oxygens (including phenoxy) is 1. The van der Waals surface area contributed by atoms with Crippen molar-refractivity contribution in [1.29, 1.82) is 0 Å². The smallest absolute Gasteiger partial charge is 0.224 e. The fourth-order valence-electron chi connectivity index (χ4n) is 2.43. The fraction of sp³-hybridized carbons (Fsp3) is 0.222. The minimum atomic E-state index is 0.00915. The molecule has 0 aliphatic carbocycles. The third-order valence-corrected chi connectivity index (χ3v) is 4.82. The summed E-state index contributed by atoms with van der Waals surface area (Å²) in [6.07, 6.45) is 2.83. The number of hydrogen-bond acceptors (Lipinski definition) is 4. The van der Waals surface area contributed by atoms with E-state index in [1.807, 2.05) is 43.3 Å². The Hall–Kier alpha value is -2.60. The summed E-state index contributed by atoms with van der Waals surface area (Å²) in [5.41, 5.74) is 2.91. The van der Waals surface area contributed by atoms with Crippen molar-refractivity contribution in [2.75, 3.05) is 12.4 Å². The highest BCUT2D eigenvalue weighted by atomic mass is 32.1. The van der Waals surface area contributed by atoms with E-state index in [-0.39, 0.29) is 5.91 Å². The van der Waals surface area contributed by atoms with E-state index in [1.165, 1.54) is 0 Å². The molecule has 0 atom stereocenters. The molecule has 6 heteroatoms. The maximum absolute atomic E-state index is 12.2. The van der Waals surface area contributed by atoms with Gasteiger partial charge >= 0.3 is 0 Å². The Morgan fingerprint density at radius 1 is 1.33 bits per heavy atom. The van der Waals surface area contributed by atoms with E-state index in [0.29, 0.717) is 12.8 Å². The molecule has 3 rings (SSSR count). The predicted octanol–water partition coefficient (Wildman–Crippen LogP) is 4.03. The summed E-state index contributed by atoms with van der Waals surface area (Å²) in [7, 11) is 1.64. The van der Waals surface area contributed by atoms with Crippen LogP contribution in [-0.2, 0) is 11.2 Å². The number of amides is 1. The van der Waals surface area contributed by atoms with Gasteiger partial charge in [-0.1, -0.05) is 12.1 Å². The first-order valence-corrected chi connectivity index (χ1v) is 8.50. The first-order valence-electron chi connectivity index (χ1n) is 7.68. The zero-order chi connectivity index (χ0) is 16.9. The second-order valence-corrected chi connectivity index (χ2v) is 6.71. The minimum absolute atomic E-state index is 0.00915. The Bertz CT molecular complexity index is 825. The van der Waals surface area contributed by atoms with Gasteiger partial charge in [0, 0.05) is 17.5 Å². The van der Waals surface area contributed by atoms with Crippen LogP contribution in [0.3, 0.4) is 0 Å². The fourth-order valence-corrected chi connectivity index (χ4v) is 3.38. The molecule has 2 N–H and O–H groups in total. The largest absolute Gasteiger partial charge is 0.497 e. The molecule has 0 radical (unpaired) electrons. The lowest BCUT2D eigenvalue weighted by molar-refractivity contribution is -0.116. The number of methoxy groups -OCH3 is 1. The van der Waals surface area contributed by atoms with Crippen LogP contribution < -0.4 is 10.1 Å². The SMILES string of the molecule is COc1cccc(CCC(=O)Nc2cc(-c3ccn[nH]3)sc2C)c1. The summed E-state index contributed by atoms with van der Waals surface area (Å²) in [4.78, 5) is 14.4. The van der Waals surface area contributed by atoms with Crippen LogP contribution in [0.1, 0.15) is 16.9 Å². The van der Waals surface area contributed by atoms with Crippen molar-refractivity contribution >= 4 is 22.9 Å². The van der Waals surface area contributed by atoms with Gasteiger partial charge in [0.15, 0.2) is 0 Å². The molecular formula is C18H19N3O2S. The van der Waals surface area contributed by atoms with E-state index in [0.717, 1.165) is 32.4 Å². The first-order chi connectivity index (χ1) is 11.7. The molecule has 3 aromatic rings. The van der Waals surface area contributed by atoms with Gasteiger partial charge in [-0.3, -0.25) is 9.89 Å². The van der Waals surface area contributed by atoms with Gasteiger partial charge in [-0.05, 0) is 43.2 Å². The van der Waals surface area contributed by atoms with Crippen LogP contribution in [-0.4, -0.2) is 23.2 Å². The highest BCUT2D eigenvalue weighted by Gasteiger charge is 2.11. The Kier molecular flexibility index (Phi) is 4.96. The van der Waals surface area contributed by atoms with E-state index in [2.05, 4.69) is 15.5 Å². The third-order valence-electron chi connectivity index (χ3n) is 3.73. The number of aromatic nitrogens is 2. The number of rotatable bonds is 6. The van der Waals surface area contributed by atoms with Crippen molar-refractivity contribution in [3.63, 3.8) is 0 Å². The average molecular weight is 341 g/mol. The molecule has 5 nitrogen and oxygen atoms in total. The molecule has 0 unspecified atom stereocenters. The summed E-state index contributed by atoms with van der Waals surface area (Å²) in [6, 6.07) is 11.7. The van der Waals surface area contributed by atoms with Crippen LogP contribution >= 0.6 is 11.3 Å². The third kappa shape index (κ3) is 3.83. The van der Waals surface area contributed by atoms with Crippen LogP contribution in [0.5, 0.6) is 5.75 Å². The number of nitrogens with one attached hydrogen (secondary N) is 2. The van der Waals surface area contributed by atoms with Gasteiger partial charge in [0.25, 0.3) is 0 Å². The molecule has 0 spiro atoms. The van der Waals surface area contributed by atoms with Gasteiger partial charge in [0.1, 0.15) is 5.75 Å². The quantitative estimate of drug-likeness (QED) is 0.711. The van der Waals surface area contributed by atoms with Crippen LogP contribution in [0.15, 0.2) is 42.6 Å². The molecule has 2 heterocycles. The van der Waals surface area contributed by atoms with Crippen molar-refractivity contribution in [2.24, 2.45) is 0 Å². The molecule has 0 fully saturated rings. The summed E-state index contributed by atoms with van der Waals surface area (Å²) in [5.74, 6) is 0.820. The number of aryl methyl sites for hydroxylation is 2. The van der Waals surface area contributed by atoms with Crippen molar-refractivity contribution in [2.45, 2.75) is 19.8 Å². The molecule has 2 aromatic heterocycles. The van der Waals surface area contributed by atoms with E-state index in [4.69, 9.17) is 4.74 Å². The minimum Gasteiger partial charge on any atom is -0.497 e. The van der Waals surface area contributed by atoms with Gasteiger partial charge in [0.05, 0.1) is 23.4 Å². The van der Waals surface area contributed by atoms with E-state index >= 15 is 0 Å². The lowest BCUT2D eigenvalue weighted by atomic mass is 10.1. The van der Waals surface area contributed by atoms with Gasteiger partial charge in [-0.25, -0.2) is 0 Å². The van der Waals surface area contributed by atoms with Crippen molar-refractivity contribution in [1.82, 2.24) is 10.2 Å². The van der Waals surface area contributed by atoms with E-state index in [1.54, 1.807) is 24.6 Å². The second kappa shape index (κ2) is 7.31. The van der Waals surface area contributed by atoms with Crippen LogP contribution in [0.25, 0.3) is 10.6 Å². The summed E-state index contributed by atoms with van der Waals surface area (Å²) < 4.78 is 5.20. The molecule has 0 aliphatic heterocycles. The first kappa shape index (κ1) is 16.3. The Morgan fingerprint density at radius 3 is 2.96 bits per heavy atom. The van der Waals surface area contributed by atoms with Gasteiger partial charge in [-0.2, -0.15) is 5.10 Å². The van der Waals surface area contributed by atoms with E-state index in [9.17, 15) is 4.79 Å². The Morgan fingerprint density at radius 2 is 2.21 bits per heavy atom. The monoisotopic (exact) mass is 341 g/mol. The number of thiophene rings is 1. The maximum atomic E-state index is 12.2. The van der Waals surface area contributed by atoms with Crippen LogP contribution in [0.2, 0.25) is 0 Å². The number of anilines is 1. The zero-order valence-electron chi connectivity index (χ0n) is 13.6. The number of aromatic amines is 1. The molecule has 1 aromatic carbocycles. The highest BCUT2D eigenvalue weighted by molar-refractivity contribution is 7.16. The molecule has 0 saturated carbocycles. The number of hydrogen-bond donors (Lipinski definition) is 2. The van der Waals surface area contributed by atoms with Crippen LogP contribution in [0.4, 0.5) is 5.69 Å². The Balaban J connectivity index is 1.60. The average Bonchev–Trinajstić information content (AvgIpc) is 3.24. The number of carbonyl (C=O) groups is 1. The lowest BCUT2D eigenvalue weighted by Gasteiger charge is -2.06. The topological polar surface area (TPSA) is 67.0 Å². The van der Waals surface area contributed by atoms with Crippen molar-refractivity contribution in [3.8, 4) is 16.3 Å². The number of carbonyl (C=O) groups excluding carboxylic acids is 1. The normalized spacial score (nSPS) is 10.6. The second-order valence-electron chi connectivity index (χ2n) is 5.45. The van der Waals surface area contributed by atoms with Gasteiger partial charge in [-0.15, -0.1) is 11.3 Å². The number of benzene rings is 1. The maximum Gasteiger partial charge on any atom is 0.224 e. The van der Waals surface area contributed by atoms with E-state index < -0.39 is 0 Å². The van der Waals surface area contributed by atoms with Crippen molar-refractivity contribution < 1.29 is 9.53 Å². The highest BCUT2D eigenvalue weighted by Crippen LogP contribution is 2.33. The summed E-state index contributed by atoms with van der Waals surface area (Å²) >= 11 is 1.63. The molecular weight excluding hydrogens is 322 g/mol. The van der Waals surface area contributed by atoms with Gasteiger partial charge < -0.3 is 10.1 Å². The number of H-pyrrole nitrogens is 1. The Labute approximate surface area is 144 Å². The standard InChI is InChI=1S/C18H19N3O2S/c1-12-16(11-17(24-12)15-8-9-19-21-15)20-18(22)7-6-13-4-3-5-14(10-13)23-2/h3-5,8-11H,6-7H2,1-2H3,(H,19,21)(H,20,22). The zero-order valence-corrected chi connectivity index (χ0v) is 14.4. The van der Waals surface area contributed by atoms with Gasteiger partial charge in [0.2, 0.25) is 5.91 Å². The van der Waals surface area contributed by atoms with Crippen LogP contribution in [0, 0.1) is 6.92 Å². The molecule has 1 amide bonds. The molecule has 0 aliphatic rings. The molecule has 124 valence electrons. The molecule has 24 heavy (non-hydrogen) atoms. The number of nitrogens with zero attached hydrogens (tertiary/aromatic N) is 1. The lowest BCUT2D eigenvalue weighted by Crippen LogP contribution is -2.12. The molecule has 0 bridgehead atoms. The summed E-state index contributed by atoms with van der Waals surface area (Å²) in [5, 5.41) is 9.90. The predicted molar refractivity (Wildman–Crippen MR) is 96.6 cm³/mol. The van der Waals surface area contributed by atoms with Crippen molar-refractivity contribution in [3.05, 3.63) is 53.0 Å².